The van der Waals surface area contributed by atoms with Crippen molar-refractivity contribution in [2.75, 3.05) is 37.6 Å². The molecule has 0 unspecified atom stereocenters. The molecule has 178 valence electrons. The first-order valence-corrected chi connectivity index (χ1v) is 12.2. The summed E-state index contributed by atoms with van der Waals surface area (Å²) in [4.78, 5) is 27.6. The van der Waals surface area contributed by atoms with Crippen LogP contribution in [0.4, 0.5) is 20.6 Å². The first-order valence-electron chi connectivity index (χ1n) is 12.2. The Bertz CT molecular complexity index is 1120. The number of piperidine rings is 2. The Morgan fingerprint density at radius 2 is 1.82 bits per heavy atom. The molecule has 3 aliphatic heterocycles. The van der Waals surface area contributed by atoms with Gasteiger partial charge in [-0.2, -0.15) is 0 Å². The van der Waals surface area contributed by atoms with E-state index in [0.717, 1.165) is 75.4 Å². The van der Waals surface area contributed by atoms with Gasteiger partial charge >= 0.3 is 6.03 Å². The van der Waals surface area contributed by atoms with E-state index in [2.05, 4.69) is 28.6 Å². The number of fused-ring (bicyclic) bond motifs is 1. The van der Waals surface area contributed by atoms with Crippen molar-refractivity contribution in [2.45, 2.75) is 51.5 Å². The van der Waals surface area contributed by atoms with E-state index in [4.69, 9.17) is 6.57 Å². The Labute approximate surface area is 201 Å². The molecule has 0 atom stereocenters. The third-order valence-corrected chi connectivity index (χ3v) is 8.05. The molecule has 0 N–H and O–H groups in total. The van der Waals surface area contributed by atoms with Crippen LogP contribution in [0.5, 0.6) is 0 Å². The van der Waals surface area contributed by atoms with Gasteiger partial charge in [0.1, 0.15) is 5.82 Å². The fourth-order valence-corrected chi connectivity index (χ4v) is 5.89. The predicted octanol–water partition coefficient (Wildman–Crippen LogP) is 5.37. The number of halogens is 1. The second-order valence-electron chi connectivity index (χ2n) is 10.8. The smallest absolute Gasteiger partial charge is 0.324 e. The summed E-state index contributed by atoms with van der Waals surface area (Å²) in [5, 5.41) is 0. The molecular weight excluding hydrogens is 429 g/mol. The van der Waals surface area contributed by atoms with Crippen molar-refractivity contribution in [1.29, 1.82) is 0 Å². The van der Waals surface area contributed by atoms with Crippen LogP contribution in [-0.2, 0) is 12.0 Å². The molecule has 2 aromatic rings. The molecule has 4 heterocycles. The van der Waals surface area contributed by atoms with Crippen LogP contribution in [0.3, 0.4) is 0 Å². The average Bonchev–Trinajstić information content (AvgIpc) is 3.13. The average molecular weight is 462 g/mol. The highest BCUT2D eigenvalue weighted by atomic mass is 19.1. The van der Waals surface area contributed by atoms with Crippen molar-refractivity contribution in [1.82, 2.24) is 14.8 Å². The topological polar surface area (TPSA) is 44.0 Å². The maximum atomic E-state index is 13.6. The summed E-state index contributed by atoms with van der Waals surface area (Å²) in [6.45, 7) is 16.5. The largest absolute Gasteiger partial charge is 0.324 e. The molecule has 2 amide bonds. The van der Waals surface area contributed by atoms with E-state index in [1.54, 1.807) is 12.1 Å². The molecule has 1 aromatic heterocycles. The number of benzene rings is 1. The van der Waals surface area contributed by atoms with Gasteiger partial charge in [-0.15, -0.1) is 0 Å². The summed E-state index contributed by atoms with van der Waals surface area (Å²) >= 11 is 0. The molecule has 2 fully saturated rings. The number of anilines is 1. The van der Waals surface area contributed by atoms with Gasteiger partial charge in [0.2, 0.25) is 5.69 Å². The Morgan fingerprint density at radius 1 is 1.12 bits per heavy atom. The van der Waals surface area contributed by atoms with Gasteiger partial charge in [-0.3, -0.25) is 14.8 Å². The number of urea groups is 1. The molecule has 34 heavy (non-hydrogen) atoms. The third-order valence-electron chi connectivity index (χ3n) is 8.05. The second-order valence-corrected chi connectivity index (χ2v) is 10.8. The van der Waals surface area contributed by atoms with Crippen LogP contribution in [0, 0.1) is 17.8 Å². The van der Waals surface area contributed by atoms with Crippen molar-refractivity contribution in [3.63, 3.8) is 0 Å². The minimum atomic E-state index is -0.449. The van der Waals surface area contributed by atoms with Crippen LogP contribution in [0.25, 0.3) is 4.85 Å². The normalized spacial score (nSPS) is 21.4. The maximum Gasteiger partial charge on any atom is 0.324 e. The minimum absolute atomic E-state index is 0.0998. The fourth-order valence-electron chi connectivity index (χ4n) is 5.89. The summed E-state index contributed by atoms with van der Waals surface area (Å²) in [5.41, 5.74) is 3.23. The zero-order valence-electron chi connectivity index (χ0n) is 20.1. The number of aromatic nitrogens is 1. The van der Waals surface area contributed by atoms with Gasteiger partial charge in [-0.05, 0) is 74.0 Å². The molecule has 1 aromatic carbocycles. The van der Waals surface area contributed by atoms with Gasteiger partial charge < -0.3 is 4.90 Å². The first kappa shape index (κ1) is 22.8. The van der Waals surface area contributed by atoms with Crippen LogP contribution >= 0.6 is 0 Å². The lowest BCUT2D eigenvalue weighted by Gasteiger charge is -2.47. The van der Waals surface area contributed by atoms with Crippen molar-refractivity contribution < 1.29 is 9.18 Å². The maximum absolute atomic E-state index is 13.6. The summed E-state index contributed by atoms with van der Waals surface area (Å²) in [5.74, 6) is -0.449. The predicted molar refractivity (Wildman–Crippen MR) is 130 cm³/mol. The number of hydrogen-bond acceptors (Lipinski definition) is 3. The highest BCUT2D eigenvalue weighted by Gasteiger charge is 2.43. The van der Waals surface area contributed by atoms with Gasteiger partial charge in [0.15, 0.2) is 0 Å². The second kappa shape index (κ2) is 8.66. The van der Waals surface area contributed by atoms with Crippen molar-refractivity contribution in [2.24, 2.45) is 5.41 Å². The SMILES string of the molecule is [C-]#[N+]c1cc(CN2CCC3(CC2)CCN(C(=O)N2CC(C)(C)c4ncccc42)CC3)ccc1F. The van der Waals surface area contributed by atoms with Gasteiger partial charge in [-0.25, -0.2) is 14.0 Å². The first-order chi connectivity index (χ1) is 16.3. The number of carbonyl (C=O) groups is 1. The molecule has 5 rings (SSSR count). The summed E-state index contributed by atoms with van der Waals surface area (Å²) in [7, 11) is 0. The molecule has 2 saturated heterocycles. The number of nitrogens with zero attached hydrogens (tertiary/aromatic N) is 5. The molecule has 1 spiro atoms. The number of hydrogen-bond donors (Lipinski definition) is 0. The Hall–Kier alpha value is -2.98. The van der Waals surface area contributed by atoms with E-state index in [0.29, 0.717) is 12.0 Å². The quantitative estimate of drug-likeness (QED) is 0.565. The monoisotopic (exact) mass is 461 g/mol. The number of likely N-dealkylation sites (tertiary alicyclic amines) is 2. The van der Waals surface area contributed by atoms with Crippen LogP contribution < -0.4 is 4.90 Å². The highest BCUT2D eigenvalue weighted by molar-refractivity contribution is 5.94. The summed E-state index contributed by atoms with van der Waals surface area (Å²) in [6, 6.07) is 8.89. The molecule has 6 nitrogen and oxygen atoms in total. The number of amides is 2. The molecule has 0 radical (unpaired) electrons. The molecule has 3 aliphatic rings. The number of carbonyl (C=O) groups excluding carboxylic acids is 1. The van der Waals surface area contributed by atoms with E-state index in [1.165, 1.54) is 6.07 Å². The van der Waals surface area contributed by atoms with E-state index in [-0.39, 0.29) is 17.1 Å². The third kappa shape index (κ3) is 4.16. The van der Waals surface area contributed by atoms with E-state index in [1.807, 2.05) is 28.1 Å². The zero-order chi connectivity index (χ0) is 23.9. The fraction of sp³-hybridized carbons (Fsp3) is 0.519. The molecule has 0 aliphatic carbocycles. The lowest BCUT2D eigenvalue weighted by Crippen LogP contribution is -2.51. The van der Waals surface area contributed by atoms with Gasteiger partial charge in [0.25, 0.3) is 0 Å². The number of pyridine rings is 1. The van der Waals surface area contributed by atoms with Crippen molar-refractivity contribution in [3.05, 3.63) is 65.0 Å². The van der Waals surface area contributed by atoms with Gasteiger partial charge in [-0.1, -0.05) is 19.9 Å². The van der Waals surface area contributed by atoms with E-state index in [9.17, 15) is 9.18 Å². The zero-order valence-corrected chi connectivity index (χ0v) is 20.1. The highest BCUT2D eigenvalue weighted by Crippen LogP contribution is 2.43. The molecule has 7 heteroatoms. The Morgan fingerprint density at radius 3 is 2.53 bits per heavy atom. The summed E-state index contributed by atoms with van der Waals surface area (Å²) < 4.78 is 13.6. The van der Waals surface area contributed by atoms with Crippen LogP contribution in [0.15, 0.2) is 36.5 Å². The number of rotatable bonds is 2. The van der Waals surface area contributed by atoms with Crippen LogP contribution in [0.1, 0.15) is 50.8 Å². The van der Waals surface area contributed by atoms with Crippen molar-refractivity contribution >= 4 is 17.4 Å². The minimum Gasteiger partial charge on any atom is -0.324 e. The molecular formula is C27H32FN5O. The van der Waals surface area contributed by atoms with Gasteiger partial charge in [0, 0.05) is 37.8 Å². The lowest BCUT2D eigenvalue weighted by atomic mass is 9.71. The van der Waals surface area contributed by atoms with Crippen molar-refractivity contribution in [3.8, 4) is 0 Å². The van der Waals surface area contributed by atoms with E-state index >= 15 is 0 Å². The lowest BCUT2D eigenvalue weighted by molar-refractivity contribution is 0.0433. The van der Waals surface area contributed by atoms with Crippen LogP contribution in [-0.4, -0.2) is 53.5 Å². The molecule has 0 saturated carbocycles. The van der Waals surface area contributed by atoms with E-state index < -0.39 is 5.82 Å². The van der Waals surface area contributed by atoms with Gasteiger partial charge in [0.05, 0.1) is 18.0 Å². The Balaban J connectivity index is 1.16. The standard InChI is InChI=1S/C27H32FN5O/c1-26(2)19-33(23-5-4-12-30-24(23)26)25(34)32-15-10-27(11-16-32)8-13-31(14-9-27)18-20-6-7-21(28)22(17-20)29-3/h4-7,12,17H,8-11,13-16,18-19H2,1-2H3. The van der Waals surface area contributed by atoms with Crippen LogP contribution in [0.2, 0.25) is 0 Å². The summed E-state index contributed by atoms with van der Waals surface area (Å²) in [6.07, 6.45) is 6.14. The Kier molecular flexibility index (Phi) is 5.81. The molecule has 0 bridgehead atoms.